The van der Waals surface area contributed by atoms with Gasteiger partial charge in [0.2, 0.25) is 0 Å². The molecule has 2 fully saturated rings. The van der Waals surface area contributed by atoms with Gasteiger partial charge in [-0.25, -0.2) is 0 Å². The summed E-state index contributed by atoms with van der Waals surface area (Å²) in [6, 6.07) is 0. The fourth-order valence-electron chi connectivity index (χ4n) is 4.39. The van der Waals surface area contributed by atoms with Crippen LogP contribution in [0.1, 0.15) is 72.6 Å². The number of likely N-dealkylation sites (tertiary alicyclic amines) is 2. The van der Waals surface area contributed by atoms with Gasteiger partial charge in [-0.05, 0) is 50.1 Å². The van der Waals surface area contributed by atoms with E-state index in [1.807, 2.05) is 0 Å². The Morgan fingerprint density at radius 2 is 1.58 bits per heavy atom. The van der Waals surface area contributed by atoms with Crippen molar-refractivity contribution in [3.63, 3.8) is 0 Å². The smallest absolute Gasteiger partial charge is 0.0601 e. The highest BCUT2D eigenvalue weighted by molar-refractivity contribution is 5.07. The number of rotatable bonds is 8. The molecule has 2 aliphatic heterocycles. The Kier molecular flexibility index (Phi) is 8.11. The van der Waals surface area contributed by atoms with Gasteiger partial charge in [0.15, 0.2) is 0 Å². The minimum atomic E-state index is 0.636. The summed E-state index contributed by atoms with van der Waals surface area (Å²) in [6.45, 7) is 16.8. The Hall–Kier alpha value is -0.520. The van der Waals surface area contributed by atoms with E-state index in [4.69, 9.17) is 0 Å². The molecule has 0 aromatic carbocycles. The Bertz CT molecular complexity index is 397. The summed E-state index contributed by atoms with van der Waals surface area (Å²) in [5.74, 6) is 8.54. The summed E-state index contributed by atoms with van der Waals surface area (Å²) < 4.78 is 0. The van der Waals surface area contributed by atoms with Crippen molar-refractivity contribution in [2.75, 3.05) is 39.3 Å². The quantitative estimate of drug-likeness (QED) is 0.597. The fourth-order valence-corrected chi connectivity index (χ4v) is 4.39. The topological polar surface area (TPSA) is 6.48 Å². The Morgan fingerprint density at radius 1 is 0.958 bits per heavy atom. The summed E-state index contributed by atoms with van der Waals surface area (Å²) in [5.41, 5.74) is 0.657. The molecule has 2 heterocycles. The van der Waals surface area contributed by atoms with Gasteiger partial charge >= 0.3 is 0 Å². The van der Waals surface area contributed by atoms with E-state index < -0.39 is 0 Å². The lowest BCUT2D eigenvalue weighted by atomic mass is 9.71. The number of hydrogen-bond donors (Lipinski definition) is 0. The van der Waals surface area contributed by atoms with Crippen molar-refractivity contribution in [2.24, 2.45) is 17.3 Å². The van der Waals surface area contributed by atoms with Crippen molar-refractivity contribution >= 4 is 0 Å². The molecule has 24 heavy (non-hydrogen) atoms. The molecule has 2 saturated heterocycles. The van der Waals surface area contributed by atoms with Crippen LogP contribution in [0.3, 0.4) is 0 Å². The minimum Gasteiger partial charge on any atom is -0.302 e. The van der Waals surface area contributed by atoms with Crippen LogP contribution in [-0.2, 0) is 0 Å². The third-order valence-electron chi connectivity index (χ3n) is 6.18. The highest BCUT2D eigenvalue weighted by Crippen LogP contribution is 2.40. The van der Waals surface area contributed by atoms with Gasteiger partial charge in [0.05, 0.1) is 6.54 Å². The van der Waals surface area contributed by atoms with Crippen molar-refractivity contribution in [3.05, 3.63) is 0 Å². The van der Waals surface area contributed by atoms with E-state index in [-0.39, 0.29) is 0 Å². The van der Waals surface area contributed by atoms with Crippen molar-refractivity contribution in [2.45, 2.75) is 72.6 Å². The van der Waals surface area contributed by atoms with Gasteiger partial charge < -0.3 is 4.90 Å². The monoisotopic (exact) mass is 332 g/mol. The lowest BCUT2D eigenvalue weighted by Crippen LogP contribution is -2.60. The predicted molar refractivity (Wildman–Crippen MR) is 105 cm³/mol. The SMILES string of the molecule is CCCC(C#CCN1CCC2(CC1)CN(CC(C)CC)C2)CCC. The summed E-state index contributed by atoms with van der Waals surface area (Å²) in [4.78, 5) is 5.27. The van der Waals surface area contributed by atoms with E-state index in [1.54, 1.807) is 0 Å². The highest BCUT2D eigenvalue weighted by atomic mass is 15.2. The first-order valence-corrected chi connectivity index (χ1v) is 10.5. The first kappa shape index (κ1) is 19.8. The molecule has 2 rings (SSSR count). The van der Waals surface area contributed by atoms with E-state index in [2.05, 4.69) is 49.3 Å². The van der Waals surface area contributed by atoms with E-state index in [9.17, 15) is 0 Å². The molecule has 0 aliphatic carbocycles. The van der Waals surface area contributed by atoms with Crippen LogP contribution >= 0.6 is 0 Å². The van der Waals surface area contributed by atoms with Crippen LogP contribution in [0.25, 0.3) is 0 Å². The van der Waals surface area contributed by atoms with Crippen molar-refractivity contribution < 1.29 is 0 Å². The third-order valence-corrected chi connectivity index (χ3v) is 6.18. The Labute approximate surface area is 151 Å². The molecule has 2 nitrogen and oxygen atoms in total. The molecule has 0 saturated carbocycles. The maximum atomic E-state index is 3.55. The van der Waals surface area contributed by atoms with Gasteiger partial charge in [-0.1, -0.05) is 58.8 Å². The molecule has 1 spiro atoms. The first-order valence-electron chi connectivity index (χ1n) is 10.5. The fraction of sp³-hybridized carbons (Fsp3) is 0.909. The van der Waals surface area contributed by atoms with Crippen molar-refractivity contribution in [1.82, 2.24) is 9.80 Å². The van der Waals surface area contributed by atoms with Gasteiger partial charge in [-0.15, -0.1) is 0 Å². The van der Waals surface area contributed by atoms with Crippen LogP contribution in [0.15, 0.2) is 0 Å². The molecule has 0 amide bonds. The zero-order valence-electron chi connectivity index (χ0n) is 16.7. The van der Waals surface area contributed by atoms with Gasteiger partial charge in [-0.2, -0.15) is 0 Å². The molecule has 1 atom stereocenters. The molecule has 2 aliphatic rings. The van der Waals surface area contributed by atoms with Gasteiger partial charge in [0.25, 0.3) is 0 Å². The number of hydrogen-bond acceptors (Lipinski definition) is 2. The van der Waals surface area contributed by atoms with Crippen LogP contribution in [0.5, 0.6) is 0 Å². The van der Waals surface area contributed by atoms with Crippen LogP contribution in [0, 0.1) is 29.1 Å². The summed E-state index contributed by atoms with van der Waals surface area (Å²) in [6.07, 6.45) is 9.16. The summed E-state index contributed by atoms with van der Waals surface area (Å²) in [7, 11) is 0. The minimum absolute atomic E-state index is 0.636. The molecular weight excluding hydrogens is 292 g/mol. The second kappa shape index (κ2) is 9.83. The lowest BCUT2D eigenvalue weighted by Gasteiger charge is -2.54. The number of piperidine rings is 1. The standard InChI is InChI=1S/C22H40N2/c1-5-9-21(10-6-2)11-8-14-23-15-12-22(13-16-23)18-24(19-22)17-20(4)7-3/h20-21H,5-7,9-10,12-19H2,1-4H3. The van der Waals surface area contributed by atoms with E-state index in [0.717, 1.165) is 12.5 Å². The maximum absolute atomic E-state index is 3.55. The summed E-state index contributed by atoms with van der Waals surface area (Å²) >= 11 is 0. The molecular formula is C22H40N2. The Morgan fingerprint density at radius 3 is 2.12 bits per heavy atom. The highest BCUT2D eigenvalue weighted by Gasteiger charge is 2.44. The van der Waals surface area contributed by atoms with Crippen molar-refractivity contribution in [3.8, 4) is 11.8 Å². The zero-order chi connectivity index (χ0) is 17.4. The van der Waals surface area contributed by atoms with E-state index >= 15 is 0 Å². The molecule has 0 aromatic heterocycles. The second-order valence-corrected chi connectivity index (χ2v) is 8.55. The molecule has 2 heteroatoms. The average Bonchev–Trinajstić information content (AvgIpc) is 2.55. The predicted octanol–water partition coefficient (Wildman–Crippen LogP) is 4.65. The molecule has 1 unspecified atom stereocenters. The van der Waals surface area contributed by atoms with Crippen LogP contribution in [-0.4, -0.2) is 49.1 Å². The molecule has 0 aromatic rings. The number of nitrogens with zero attached hydrogens (tertiary/aromatic N) is 2. The molecule has 0 bridgehead atoms. The molecule has 138 valence electrons. The normalized spacial score (nSPS) is 22.2. The van der Waals surface area contributed by atoms with Crippen molar-refractivity contribution in [1.29, 1.82) is 0 Å². The lowest BCUT2D eigenvalue weighted by molar-refractivity contribution is -0.0503. The molecule has 0 N–H and O–H groups in total. The maximum Gasteiger partial charge on any atom is 0.0601 e. The van der Waals surface area contributed by atoms with E-state index in [1.165, 1.54) is 77.7 Å². The van der Waals surface area contributed by atoms with Gasteiger partial charge in [-0.3, -0.25) is 4.90 Å². The van der Waals surface area contributed by atoms with Crippen LogP contribution in [0.4, 0.5) is 0 Å². The zero-order valence-corrected chi connectivity index (χ0v) is 16.7. The third kappa shape index (κ3) is 5.78. The largest absolute Gasteiger partial charge is 0.302 e. The second-order valence-electron chi connectivity index (χ2n) is 8.55. The van der Waals surface area contributed by atoms with Gasteiger partial charge in [0, 0.05) is 25.6 Å². The van der Waals surface area contributed by atoms with Crippen LogP contribution < -0.4 is 0 Å². The first-order chi connectivity index (χ1) is 11.6. The average molecular weight is 333 g/mol. The Balaban J connectivity index is 1.67. The van der Waals surface area contributed by atoms with E-state index in [0.29, 0.717) is 11.3 Å². The van der Waals surface area contributed by atoms with Crippen LogP contribution in [0.2, 0.25) is 0 Å². The van der Waals surface area contributed by atoms with Gasteiger partial charge in [0.1, 0.15) is 0 Å². The summed E-state index contributed by atoms with van der Waals surface area (Å²) in [5, 5.41) is 0. The molecule has 0 radical (unpaired) electrons.